The largest absolute Gasteiger partial charge is 0.106 e. The van der Waals surface area contributed by atoms with Gasteiger partial charge in [0.2, 0.25) is 0 Å². The average Bonchev–Trinajstić information content (AvgIpc) is 2.98. The Hall–Kier alpha value is -1.48. The third-order valence-corrected chi connectivity index (χ3v) is 8.27. The van der Waals surface area contributed by atoms with Crippen molar-refractivity contribution < 1.29 is 0 Å². The third-order valence-electron chi connectivity index (χ3n) is 8.27. The summed E-state index contributed by atoms with van der Waals surface area (Å²) < 4.78 is 0. The fraction of sp³-hybridized carbons (Fsp3) is 0.630. The van der Waals surface area contributed by atoms with Crippen LogP contribution in [0.3, 0.4) is 0 Å². The first-order valence-corrected chi connectivity index (χ1v) is 10.9. The van der Waals surface area contributed by atoms with E-state index >= 15 is 0 Å². The Labute approximate surface area is 168 Å². The highest BCUT2D eigenvalue weighted by Gasteiger charge is 2.53. The molecule has 0 radical (unpaired) electrons. The number of allylic oxidation sites excluding steroid dienone is 5. The zero-order valence-electron chi connectivity index (χ0n) is 18.4. The fourth-order valence-corrected chi connectivity index (χ4v) is 6.43. The van der Waals surface area contributed by atoms with Gasteiger partial charge in [-0.2, -0.15) is 0 Å². The van der Waals surface area contributed by atoms with E-state index in [2.05, 4.69) is 65.3 Å². The second-order valence-corrected chi connectivity index (χ2v) is 9.16. The molecule has 0 heteroatoms. The summed E-state index contributed by atoms with van der Waals surface area (Å²) in [6.45, 7) is 21.7. The molecule has 3 rings (SSSR count). The second kappa shape index (κ2) is 9.14. The normalized spacial score (nSPS) is 39.7. The predicted molar refractivity (Wildman–Crippen MR) is 120 cm³/mol. The van der Waals surface area contributed by atoms with Gasteiger partial charge in [-0.3, -0.25) is 0 Å². The van der Waals surface area contributed by atoms with Crippen LogP contribution in [-0.4, -0.2) is 0 Å². The molecular weight excluding hydrogens is 324 g/mol. The molecule has 0 nitrogen and oxygen atoms in total. The molecule has 0 aromatic carbocycles. The third kappa shape index (κ3) is 4.03. The molecular formula is C27H40. The molecule has 3 aliphatic rings. The van der Waals surface area contributed by atoms with E-state index in [0.29, 0.717) is 5.41 Å². The molecule has 3 saturated carbocycles. The molecule has 0 amide bonds. The van der Waals surface area contributed by atoms with Crippen molar-refractivity contribution in [3.05, 3.63) is 48.6 Å². The van der Waals surface area contributed by atoms with Crippen molar-refractivity contribution in [2.45, 2.75) is 73.1 Å². The van der Waals surface area contributed by atoms with Crippen LogP contribution in [0.2, 0.25) is 0 Å². The SMILES string of the molecule is C=C.C=CC(/C=C1/CCC2C(CCC3(C)C(C)CCC23)C1C)=C(/C)C#CC. The molecule has 0 saturated heterocycles. The lowest BCUT2D eigenvalue weighted by Crippen LogP contribution is -2.44. The highest BCUT2D eigenvalue weighted by Crippen LogP contribution is 2.62. The number of hydrogen-bond donors (Lipinski definition) is 0. The van der Waals surface area contributed by atoms with Crippen molar-refractivity contribution in [1.82, 2.24) is 0 Å². The van der Waals surface area contributed by atoms with E-state index in [9.17, 15) is 0 Å². The highest BCUT2D eigenvalue weighted by atomic mass is 14.6. The van der Waals surface area contributed by atoms with E-state index in [4.69, 9.17) is 0 Å². The molecule has 27 heavy (non-hydrogen) atoms. The molecule has 0 N–H and O–H groups in total. The molecule has 0 bridgehead atoms. The minimum Gasteiger partial charge on any atom is -0.106 e. The van der Waals surface area contributed by atoms with Crippen molar-refractivity contribution >= 4 is 0 Å². The Morgan fingerprint density at radius 3 is 2.44 bits per heavy atom. The quantitative estimate of drug-likeness (QED) is 0.267. The van der Waals surface area contributed by atoms with Gasteiger partial charge in [0, 0.05) is 5.57 Å². The van der Waals surface area contributed by atoms with E-state index in [1.54, 1.807) is 5.57 Å². The van der Waals surface area contributed by atoms with Crippen molar-refractivity contribution in [1.29, 1.82) is 0 Å². The first-order valence-electron chi connectivity index (χ1n) is 10.9. The van der Waals surface area contributed by atoms with Gasteiger partial charge in [-0.15, -0.1) is 19.1 Å². The Morgan fingerprint density at radius 1 is 1.11 bits per heavy atom. The zero-order valence-corrected chi connectivity index (χ0v) is 18.4. The van der Waals surface area contributed by atoms with E-state index in [-0.39, 0.29) is 0 Å². The Bertz CT molecular complexity index is 664. The Kier molecular flexibility index (Phi) is 7.39. The van der Waals surface area contributed by atoms with E-state index in [1.165, 1.54) is 44.1 Å². The standard InChI is InChI=1S/C25H36.C2H4/c1-7-9-17(3)20(8-2)16-21-11-12-23-22(19(21)5)14-15-25(6)18(4)10-13-24(23)25;1-2/h8,16,18-19,22-24H,2,10-15H2,1,3-6H3;1-2H2/b20-17+,21-16-;. The zero-order chi connectivity index (χ0) is 20.2. The summed E-state index contributed by atoms with van der Waals surface area (Å²) in [5.41, 5.74) is 4.65. The summed E-state index contributed by atoms with van der Waals surface area (Å²) in [5, 5.41) is 0. The molecule has 3 aliphatic carbocycles. The van der Waals surface area contributed by atoms with E-state index in [1.807, 2.05) is 13.0 Å². The monoisotopic (exact) mass is 364 g/mol. The summed E-state index contributed by atoms with van der Waals surface area (Å²) in [6, 6.07) is 0. The molecule has 3 fully saturated rings. The summed E-state index contributed by atoms with van der Waals surface area (Å²) in [6.07, 6.45) is 12.9. The van der Waals surface area contributed by atoms with Crippen LogP contribution < -0.4 is 0 Å². The summed E-state index contributed by atoms with van der Waals surface area (Å²) in [4.78, 5) is 0. The van der Waals surface area contributed by atoms with Crippen LogP contribution in [0, 0.1) is 46.8 Å². The Balaban J connectivity index is 0.00000126. The smallest absolute Gasteiger partial charge is 0.00612 e. The lowest BCUT2D eigenvalue weighted by atomic mass is 9.52. The van der Waals surface area contributed by atoms with Crippen LogP contribution in [0.1, 0.15) is 73.1 Å². The molecule has 0 aliphatic heterocycles. The molecule has 6 unspecified atom stereocenters. The van der Waals surface area contributed by atoms with Gasteiger partial charge in [0.15, 0.2) is 0 Å². The van der Waals surface area contributed by atoms with Gasteiger partial charge < -0.3 is 0 Å². The molecule has 0 heterocycles. The lowest BCUT2D eigenvalue weighted by molar-refractivity contribution is -0.0122. The maximum absolute atomic E-state index is 4.03. The van der Waals surface area contributed by atoms with Gasteiger partial charge in [0.05, 0.1) is 0 Å². The molecule has 0 aromatic rings. The molecule has 0 aromatic heterocycles. The van der Waals surface area contributed by atoms with Crippen LogP contribution in [0.4, 0.5) is 0 Å². The van der Waals surface area contributed by atoms with Crippen LogP contribution in [0.5, 0.6) is 0 Å². The summed E-state index contributed by atoms with van der Waals surface area (Å²) in [5.74, 6) is 10.7. The molecule has 0 spiro atoms. The maximum Gasteiger partial charge on any atom is 0.00612 e. The van der Waals surface area contributed by atoms with Gasteiger partial charge in [0.1, 0.15) is 0 Å². The molecule has 6 atom stereocenters. The number of rotatable bonds is 2. The van der Waals surface area contributed by atoms with Crippen LogP contribution in [0.15, 0.2) is 48.6 Å². The average molecular weight is 365 g/mol. The minimum atomic E-state index is 0.627. The van der Waals surface area contributed by atoms with Crippen molar-refractivity contribution in [3.63, 3.8) is 0 Å². The van der Waals surface area contributed by atoms with E-state index < -0.39 is 0 Å². The van der Waals surface area contributed by atoms with Crippen LogP contribution in [0.25, 0.3) is 0 Å². The van der Waals surface area contributed by atoms with Gasteiger partial charge in [-0.05, 0) is 93.0 Å². The van der Waals surface area contributed by atoms with Gasteiger partial charge in [-0.25, -0.2) is 0 Å². The number of hydrogen-bond acceptors (Lipinski definition) is 0. The maximum atomic E-state index is 4.03. The predicted octanol–water partition coefficient (Wildman–Crippen LogP) is 7.75. The number of fused-ring (bicyclic) bond motifs is 3. The second-order valence-electron chi connectivity index (χ2n) is 9.16. The minimum absolute atomic E-state index is 0.627. The van der Waals surface area contributed by atoms with Gasteiger partial charge >= 0.3 is 0 Å². The van der Waals surface area contributed by atoms with E-state index in [0.717, 1.165) is 35.2 Å². The summed E-state index contributed by atoms with van der Waals surface area (Å²) in [7, 11) is 0. The Morgan fingerprint density at radius 2 is 1.81 bits per heavy atom. The van der Waals surface area contributed by atoms with Crippen molar-refractivity contribution in [3.8, 4) is 11.8 Å². The van der Waals surface area contributed by atoms with Gasteiger partial charge in [0.25, 0.3) is 0 Å². The van der Waals surface area contributed by atoms with Crippen LogP contribution in [-0.2, 0) is 0 Å². The first kappa shape index (κ1) is 21.8. The van der Waals surface area contributed by atoms with Crippen molar-refractivity contribution in [2.75, 3.05) is 0 Å². The lowest BCUT2D eigenvalue weighted by Gasteiger charge is -2.52. The van der Waals surface area contributed by atoms with Gasteiger partial charge in [-0.1, -0.05) is 51.0 Å². The first-order chi connectivity index (χ1) is 12.9. The highest BCUT2D eigenvalue weighted by molar-refractivity contribution is 5.44. The fourth-order valence-electron chi connectivity index (χ4n) is 6.43. The summed E-state index contributed by atoms with van der Waals surface area (Å²) >= 11 is 0. The molecule has 148 valence electrons. The topological polar surface area (TPSA) is 0 Å². The van der Waals surface area contributed by atoms with Crippen molar-refractivity contribution in [2.24, 2.45) is 35.0 Å². The van der Waals surface area contributed by atoms with Crippen LogP contribution >= 0.6 is 0 Å².